The van der Waals surface area contributed by atoms with Crippen LogP contribution in [0.2, 0.25) is 0 Å². The predicted octanol–water partition coefficient (Wildman–Crippen LogP) is 8.01. The average Bonchev–Trinajstić information content (AvgIpc) is 3.38. The molecule has 8 heteroatoms. The van der Waals surface area contributed by atoms with E-state index in [1.54, 1.807) is 0 Å². The molecule has 248 valence electrons. The first-order valence-corrected chi connectivity index (χ1v) is 17.4. The molecule has 0 amide bonds. The van der Waals surface area contributed by atoms with Crippen LogP contribution in [0.15, 0.2) is 12.2 Å². The maximum Gasteiger partial charge on any atom is 0.366 e. The minimum Gasteiger partial charge on any atom is -0.465 e. The summed E-state index contributed by atoms with van der Waals surface area (Å²) in [4.78, 5) is 25.1. The van der Waals surface area contributed by atoms with Gasteiger partial charge in [-0.1, -0.05) is 58.1 Å². The van der Waals surface area contributed by atoms with E-state index in [-0.39, 0.29) is 12.1 Å². The smallest absolute Gasteiger partial charge is 0.366 e. The second kappa shape index (κ2) is 19.8. The number of allylic oxidation sites excluding steroid dienone is 2. The summed E-state index contributed by atoms with van der Waals surface area (Å²) in [7, 11) is 1.38. The maximum absolute atomic E-state index is 13.2. The highest BCUT2D eigenvalue weighted by molar-refractivity contribution is 5.77. The van der Waals surface area contributed by atoms with Crippen molar-refractivity contribution in [1.82, 2.24) is 0 Å². The fourth-order valence-corrected chi connectivity index (χ4v) is 6.85. The topological polar surface area (TPSA) is 89.5 Å². The maximum atomic E-state index is 13.2. The van der Waals surface area contributed by atoms with E-state index in [4.69, 9.17) is 28.4 Å². The van der Waals surface area contributed by atoms with Gasteiger partial charge in [-0.15, -0.1) is 0 Å². The molecule has 2 heterocycles. The molecule has 2 unspecified atom stereocenters. The number of hydrogen-bond acceptors (Lipinski definition) is 8. The van der Waals surface area contributed by atoms with E-state index >= 15 is 0 Å². The lowest BCUT2D eigenvalue weighted by atomic mass is 9.88. The summed E-state index contributed by atoms with van der Waals surface area (Å²) in [5, 5.41) is 0. The molecule has 8 nitrogen and oxygen atoms in total. The molecule has 3 rings (SSSR count). The van der Waals surface area contributed by atoms with Crippen molar-refractivity contribution in [1.29, 1.82) is 0 Å². The van der Waals surface area contributed by atoms with Crippen LogP contribution in [0.1, 0.15) is 136 Å². The predicted molar refractivity (Wildman–Crippen MR) is 166 cm³/mol. The Bertz CT molecular complexity index is 797. The van der Waals surface area contributed by atoms with Crippen LogP contribution in [0.5, 0.6) is 0 Å². The third-order valence-electron chi connectivity index (χ3n) is 9.35. The van der Waals surface area contributed by atoms with Gasteiger partial charge in [-0.2, -0.15) is 0 Å². The van der Waals surface area contributed by atoms with Crippen molar-refractivity contribution < 1.29 is 38.0 Å². The zero-order chi connectivity index (χ0) is 30.9. The van der Waals surface area contributed by atoms with Crippen molar-refractivity contribution in [3.63, 3.8) is 0 Å². The van der Waals surface area contributed by atoms with Gasteiger partial charge in [0.05, 0.1) is 7.11 Å². The van der Waals surface area contributed by atoms with Gasteiger partial charge in [-0.05, 0) is 88.9 Å². The molecule has 0 bridgehead atoms. The first-order chi connectivity index (χ1) is 20.9. The zero-order valence-corrected chi connectivity index (χ0v) is 27.5. The second-order valence-electron chi connectivity index (χ2n) is 13.0. The second-order valence-corrected chi connectivity index (χ2v) is 13.0. The lowest BCUT2D eigenvalue weighted by molar-refractivity contribution is -0.353. The summed E-state index contributed by atoms with van der Waals surface area (Å²) in [5.41, 5.74) is 0. The quantitative estimate of drug-likeness (QED) is 0.0630. The molecule has 1 aliphatic carbocycles. The molecule has 1 saturated carbocycles. The largest absolute Gasteiger partial charge is 0.465 e. The highest BCUT2D eigenvalue weighted by Crippen LogP contribution is 2.39. The molecule has 43 heavy (non-hydrogen) atoms. The molecule has 6 atom stereocenters. The van der Waals surface area contributed by atoms with Gasteiger partial charge < -0.3 is 28.4 Å². The summed E-state index contributed by atoms with van der Waals surface area (Å²) < 4.78 is 35.3. The summed E-state index contributed by atoms with van der Waals surface area (Å²) in [6.07, 6.45) is 21.2. The molecular formula is C35H60O8. The van der Waals surface area contributed by atoms with Crippen LogP contribution in [-0.4, -0.2) is 56.7 Å². The lowest BCUT2D eigenvalue weighted by Gasteiger charge is -2.38. The Hall–Kier alpha value is -1.48. The molecule has 3 fully saturated rings. The number of esters is 2. The van der Waals surface area contributed by atoms with E-state index in [0.29, 0.717) is 31.5 Å². The molecule has 0 aromatic rings. The molecule has 0 N–H and O–H groups in total. The van der Waals surface area contributed by atoms with E-state index in [1.165, 1.54) is 39.7 Å². The van der Waals surface area contributed by atoms with Crippen molar-refractivity contribution >= 4 is 11.9 Å². The monoisotopic (exact) mass is 608 g/mol. The van der Waals surface area contributed by atoms with E-state index in [1.807, 2.05) is 0 Å². The fraction of sp³-hybridized carbons (Fsp3) is 0.886. The lowest BCUT2D eigenvalue weighted by Crippen LogP contribution is -2.51. The number of ether oxygens (including phenoxy) is 6. The van der Waals surface area contributed by atoms with Gasteiger partial charge in [0, 0.05) is 32.5 Å². The molecule has 0 radical (unpaired) electrons. The molecule has 2 saturated heterocycles. The first kappa shape index (κ1) is 36.0. The summed E-state index contributed by atoms with van der Waals surface area (Å²) in [6.45, 7) is 7.34. The Balaban J connectivity index is 1.57. The Kier molecular flexibility index (Phi) is 16.6. The van der Waals surface area contributed by atoms with Gasteiger partial charge in [0.1, 0.15) is 6.10 Å². The molecule has 0 aromatic carbocycles. The molecule has 0 spiro atoms. The molecular weight excluding hydrogens is 548 g/mol. The molecule has 0 aromatic heterocycles. The first-order valence-electron chi connectivity index (χ1n) is 17.4. The Labute approximate surface area is 260 Å². The van der Waals surface area contributed by atoms with Crippen LogP contribution in [-0.2, 0) is 38.0 Å². The number of unbranched alkanes of at least 4 members (excludes halogenated alkanes) is 3. The van der Waals surface area contributed by atoms with Gasteiger partial charge in [-0.25, -0.2) is 4.79 Å². The highest BCUT2D eigenvalue weighted by atomic mass is 16.8. The summed E-state index contributed by atoms with van der Waals surface area (Å²) >= 11 is 0. The zero-order valence-electron chi connectivity index (χ0n) is 27.5. The van der Waals surface area contributed by atoms with Crippen molar-refractivity contribution in [2.24, 2.45) is 17.8 Å². The van der Waals surface area contributed by atoms with E-state index < -0.39 is 24.3 Å². The van der Waals surface area contributed by atoms with Gasteiger partial charge in [0.15, 0.2) is 12.6 Å². The number of carbonyl (C=O) groups is 2. The van der Waals surface area contributed by atoms with Crippen molar-refractivity contribution in [2.75, 3.05) is 20.3 Å². The molecule has 3 aliphatic rings. The molecule has 2 aliphatic heterocycles. The van der Waals surface area contributed by atoms with Crippen molar-refractivity contribution in [3.8, 4) is 0 Å². The summed E-state index contributed by atoms with van der Waals surface area (Å²) in [6, 6.07) is 0. The van der Waals surface area contributed by atoms with Gasteiger partial charge in [0.25, 0.3) is 5.79 Å². The SMILES string of the molecule is CCCC[C@H](C)CCC=C[C@H]1CC[C@H](OC(C)=O)[C@@H]1CCCCCC(OC1CCCCO1)(OC1CCCCO1)C(=O)OC. The van der Waals surface area contributed by atoms with Crippen molar-refractivity contribution in [3.05, 3.63) is 12.2 Å². The van der Waals surface area contributed by atoms with Crippen LogP contribution in [0, 0.1) is 17.8 Å². The number of hydrogen-bond donors (Lipinski definition) is 0. The number of rotatable bonds is 19. The highest BCUT2D eigenvalue weighted by Gasteiger charge is 2.47. The number of methoxy groups -OCH3 is 1. The van der Waals surface area contributed by atoms with Crippen LogP contribution in [0.25, 0.3) is 0 Å². The van der Waals surface area contributed by atoms with E-state index in [2.05, 4.69) is 26.0 Å². The van der Waals surface area contributed by atoms with Crippen LogP contribution in [0.3, 0.4) is 0 Å². The van der Waals surface area contributed by atoms with E-state index in [0.717, 1.165) is 89.4 Å². The van der Waals surface area contributed by atoms with Crippen LogP contribution < -0.4 is 0 Å². The van der Waals surface area contributed by atoms with Gasteiger partial charge in [0.2, 0.25) is 0 Å². The third-order valence-corrected chi connectivity index (χ3v) is 9.35. The van der Waals surface area contributed by atoms with Crippen molar-refractivity contribution in [2.45, 2.75) is 161 Å². The van der Waals surface area contributed by atoms with Crippen LogP contribution in [0.4, 0.5) is 0 Å². The Morgan fingerprint density at radius 1 is 0.907 bits per heavy atom. The minimum absolute atomic E-state index is 0.0247. The Morgan fingerprint density at radius 3 is 2.19 bits per heavy atom. The standard InChI is InChI=1S/C35H60O8/c1-5-6-16-27(2)17-9-10-18-29-22-23-31(41-28(3)36)30(29)19-8-7-13-24-35(34(37)38-4,42-32-20-11-14-25-39-32)43-33-21-12-15-26-40-33/h10,18,27,29-33H,5-9,11-17,19-26H2,1-4H3/t27-,29-,30+,31-,32?,33?,35?/m0/s1. The van der Waals surface area contributed by atoms with Gasteiger partial charge in [-0.3, -0.25) is 4.79 Å². The average molecular weight is 609 g/mol. The van der Waals surface area contributed by atoms with E-state index in [9.17, 15) is 9.59 Å². The fourth-order valence-electron chi connectivity index (χ4n) is 6.85. The normalized spacial score (nSPS) is 28.4. The van der Waals surface area contributed by atoms with Crippen LogP contribution >= 0.6 is 0 Å². The minimum atomic E-state index is -1.55. The summed E-state index contributed by atoms with van der Waals surface area (Å²) in [5.74, 6) is -0.763. The third kappa shape index (κ3) is 12.4. The number of carbonyl (C=O) groups excluding carboxylic acids is 2. The Morgan fingerprint density at radius 2 is 1.60 bits per heavy atom. The van der Waals surface area contributed by atoms with Gasteiger partial charge >= 0.3 is 11.9 Å².